The van der Waals surface area contributed by atoms with Crippen molar-refractivity contribution in [2.24, 2.45) is 0 Å². The number of fused-ring (bicyclic) bond motifs is 1. The average molecular weight is 220 g/mol. The van der Waals surface area contributed by atoms with Crippen molar-refractivity contribution in [3.05, 3.63) is 35.4 Å². The van der Waals surface area contributed by atoms with Crippen LogP contribution in [0.4, 0.5) is 0 Å². The summed E-state index contributed by atoms with van der Waals surface area (Å²) in [7, 11) is 3.14. The molecule has 0 bridgehead atoms. The van der Waals surface area contributed by atoms with Crippen LogP contribution in [-0.4, -0.2) is 42.7 Å². The molecule has 2 amide bonds. The third-order valence-electron chi connectivity index (χ3n) is 2.43. The van der Waals surface area contributed by atoms with Crippen LogP contribution in [0.1, 0.15) is 20.7 Å². The van der Waals surface area contributed by atoms with Gasteiger partial charge in [0, 0.05) is 14.2 Å². The van der Waals surface area contributed by atoms with Crippen molar-refractivity contribution in [2.45, 2.75) is 0 Å². The Morgan fingerprint density at radius 3 is 2.12 bits per heavy atom. The Morgan fingerprint density at radius 1 is 1.19 bits per heavy atom. The zero-order valence-corrected chi connectivity index (χ0v) is 9.14. The van der Waals surface area contributed by atoms with Gasteiger partial charge in [0.1, 0.15) is 6.73 Å². The van der Waals surface area contributed by atoms with E-state index in [0.29, 0.717) is 11.1 Å². The van der Waals surface area contributed by atoms with Gasteiger partial charge in [0.25, 0.3) is 11.8 Å². The first-order chi connectivity index (χ1) is 7.66. The molecule has 5 nitrogen and oxygen atoms in total. The number of nitrogens with zero attached hydrogens (tertiary/aromatic N) is 2. The summed E-state index contributed by atoms with van der Waals surface area (Å²) in [5.41, 5.74) is 0.880. The maximum absolute atomic E-state index is 11.9. The molecule has 0 unspecified atom stereocenters. The quantitative estimate of drug-likeness (QED) is 0.556. The zero-order chi connectivity index (χ0) is 11.7. The van der Waals surface area contributed by atoms with E-state index in [9.17, 15) is 9.59 Å². The summed E-state index contributed by atoms with van der Waals surface area (Å²) >= 11 is 0. The number of amides is 2. The molecule has 1 heterocycles. The molecule has 0 atom stereocenters. The topological polar surface area (TPSA) is 49.9 Å². The van der Waals surface area contributed by atoms with Gasteiger partial charge >= 0.3 is 0 Å². The van der Waals surface area contributed by atoms with Crippen LogP contribution in [0.15, 0.2) is 24.3 Å². The normalized spacial score (nSPS) is 14.8. The highest BCUT2D eigenvalue weighted by atomic mass is 16.5. The van der Waals surface area contributed by atoms with Gasteiger partial charge in [-0.2, -0.15) is 10.0 Å². The van der Waals surface area contributed by atoms with Gasteiger partial charge in [-0.3, -0.25) is 9.59 Å². The first kappa shape index (κ1) is 10.8. The summed E-state index contributed by atoms with van der Waals surface area (Å²) in [5.74, 6) is -0.611. The smallest absolute Gasteiger partial charge is 0.276 e. The largest absolute Gasteiger partial charge is 0.368 e. The molecule has 1 aromatic rings. The molecule has 0 saturated carbocycles. The molecule has 1 aromatic carbocycles. The predicted molar refractivity (Wildman–Crippen MR) is 56.6 cm³/mol. The summed E-state index contributed by atoms with van der Waals surface area (Å²) in [4.78, 5) is 23.9. The SMILES string of the molecule is COCN(C)N1C(=O)c2ccccc2C1=O. The van der Waals surface area contributed by atoms with Crippen molar-refractivity contribution in [2.75, 3.05) is 20.9 Å². The number of hydrazine groups is 1. The lowest BCUT2D eigenvalue weighted by Crippen LogP contribution is -2.44. The minimum absolute atomic E-state index is 0.186. The number of benzene rings is 1. The van der Waals surface area contributed by atoms with Crippen LogP contribution >= 0.6 is 0 Å². The highest BCUT2D eigenvalue weighted by Crippen LogP contribution is 2.23. The Hall–Kier alpha value is -1.72. The van der Waals surface area contributed by atoms with Gasteiger partial charge in [0.15, 0.2) is 0 Å². The lowest BCUT2D eigenvalue weighted by Gasteiger charge is -2.24. The Balaban J connectivity index is 2.35. The van der Waals surface area contributed by atoms with E-state index in [2.05, 4.69) is 0 Å². The predicted octanol–water partition coefficient (Wildman–Crippen LogP) is 0.733. The number of methoxy groups -OCH3 is 1. The van der Waals surface area contributed by atoms with Gasteiger partial charge in [-0.15, -0.1) is 0 Å². The number of ether oxygens (including phenoxy) is 1. The second-order valence-corrected chi connectivity index (χ2v) is 3.54. The van der Waals surface area contributed by atoms with Crippen molar-refractivity contribution < 1.29 is 14.3 Å². The fourth-order valence-corrected chi connectivity index (χ4v) is 1.73. The molecular formula is C11H12N2O3. The molecule has 0 spiro atoms. The van der Waals surface area contributed by atoms with Gasteiger partial charge in [-0.1, -0.05) is 12.1 Å². The average Bonchev–Trinajstić information content (AvgIpc) is 2.53. The molecular weight excluding hydrogens is 208 g/mol. The fourth-order valence-electron chi connectivity index (χ4n) is 1.73. The van der Waals surface area contributed by atoms with Crippen LogP contribution in [-0.2, 0) is 4.74 Å². The second-order valence-electron chi connectivity index (χ2n) is 3.54. The van der Waals surface area contributed by atoms with E-state index < -0.39 is 0 Å². The van der Waals surface area contributed by atoms with Crippen LogP contribution in [0.3, 0.4) is 0 Å². The molecule has 0 N–H and O–H groups in total. The van der Waals surface area contributed by atoms with Crippen LogP contribution in [0, 0.1) is 0 Å². The molecule has 84 valence electrons. The molecule has 0 fully saturated rings. The number of carbonyl (C=O) groups is 2. The molecule has 0 saturated heterocycles. The minimum Gasteiger partial charge on any atom is -0.368 e. The maximum atomic E-state index is 11.9. The van der Waals surface area contributed by atoms with E-state index in [1.165, 1.54) is 12.1 Å². The highest BCUT2D eigenvalue weighted by molar-refractivity contribution is 6.20. The van der Waals surface area contributed by atoms with E-state index in [-0.39, 0.29) is 18.5 Å². The van der Waals surface area contributed by atoms with Crippen molar-refractivity contribution >= 4 is 11.8 Å². The minimum atomic E-state index is -0.305. The Labute approximate surface area is 93.2 Å². The van der Waals surface area contributed by atoms with E-state index in [1.807, 2.05) is 0 Å². The van der Waals surface area contributed by atoms with Crippen LogP contribution in [0.25, 0.3) is 0 Å². The Morgan fingerprint density at radius 2 is 1.69 bits per heavy atom. The third-order valence-corrected chi connectivity index (χ3v) is 2.43. The van der Waals surface area contributed by atoms with E-state index in [1.54, 1.807) is 31.3 Å². The molecule has 0 aromatic heterocycles. The summed E-state index contributed by atoms with van der Waals surface area (Å²) in [6.45, 7) is 0.186. The van der Waals surface area contributed by atoms with Gasteiger partial charge < -0.3 is 4.74 Å². The van der Waals surface area contributed by atoms with Gasteiger partial charge in [-0.25, -0.2) is 0 Å². The van der Waals surface area contributed by atoms with Crippen molar-refractivity contribution in [3.8, 4) is 0 Å². The molecule has 0 aliphatic carbocycles. The molecule has 16 heavy (non-hydrogen) atoms. The van der Waals surface area contributed by atoms with Crippen molar-refractivity contribution in [1.29, 1.82) is 0 Å². The van der Waals surface area contributed by atoms with Crippen LogP contribution in [0.5, 0.6) is 0 Å². The summed E-state index contributed by atoms with van der Waals surface area (Å²) in [6.07, 6.45) is 0. The van der Waals surface area contributed by atoms with Crippen LogP contribution < -0.4 is 0 Å². The number of hydrogen-bond acceptors (Lipinski definition) is 4. The molecule has 5 heteroatoms. The van der Waals surface area contributed by atoms with Gasteiger partial charge in [0.2, 0.25) is 0 Å². The first-order valence-electron chi connectivity index (χ1n) is 4.84. The van der Waals surface area contributed by atoms with Crippen molar-refractivity contribution in [3.63, 3.8) is 0 Å². The summed E-state index contributed by atoms with van der Waals surface area (Å²) in [5, 5.41) is 2.54. The Kier molecular flexibility index (Phi) is 2.72. The monoisotopic (exact) mass is 220 g/mol. The number of hydrogen-bond donors (Lipinski definition) is 0. The van der Waals surface area contributed by atoms with Gasteiger partial charge in [0.05, 0.1) is 11.1 Å². The summed E-state index contributed by atoms with van der Waals surface area (Å²) < 4.78 is 4.89. The fraction of sp³-hybridized carbons (Fsp3) is 0.273. The highest BCUT2D eigenvalue weighted by Gasteiger charge is 2.37. The zero-order valence-electron chi connectivity index (χ0n) is 9.14. The van der Waals surface area contributed by atoms with E-state index in [0.717, 1.165) is 5.01 Å². The van der Waals surface area contributed by atoms with Crippen LogP contribution in [0.2, 0.25) is 0 Å². The maximum Gasteiger partial charge on any atom is 0.276 e. The third kappa shape index (κ3) is 1.50. The van der Waals surface area contributed by atoms with E-state index in [4.69, 9.17) is 4.74 Å². The van der Waals surface area contributed by atoms with E-state index >= 15 is 0 Å². The molecule has 1 aliphatic rings. The molecule has 1 aliphatic heterocycles. The van der Waals surface area contributed by atoms with Gasteiger partial charge in [-0.05, 0) is 12.1 Å². The Bertz CT molecular complexity index is 410. The first-order valence-corrected chi connectivity index (χ1v) is 4.84. The summed E-state index contributed by atoms with van der Waals surface area (Å²) in [6, 6.07) is 6.78. The number of rotatable bonds is 3. The number of carbonyl (C=O) groups excluding carboxylic acids is 2. The van der Waals surface area contributed by atoms with Crippen molar-refractivity contribution in [1.82, 2.24) is 10.0 Å². The lowest BCUT2D eigenvalue weighted by atomic mass is 10.1. The second kappa shape index (κ2) is 4.03. The number of imide groups is 1. The lowest BCUT2D eigenvalue weighted by molar-refractivity contribution is -0.0373. The molecule has 0 radical (unpaired) electrons. The standard InChI is InChI=1S/C11H12N2O3/c1-12(7-16-2)13-10(14)8-5-3-4-6-9(8)11(13)15/h3-6H,7H2,1-2H3. The molecule has 2 rings (SSSR count).